The predicted molar refractivity (Wildman–Crippen MR) is 141 cm³/mol. The third-order valence-corrected chi connectivity index (χ3v) is 7.81. The summed E-state index contributed by atoms with van der Waals surface area (Å²) < 4.78 is 29.0. The number of amides is 1. The summed E-state index contributed by atoms with van der Waals surface area (Å²) in [6.45, 7) is 4.48. The Balaban J connectivity index is 1.38. The molecule has 4 rings (SSSR count). The van der Waals surface area contributed by atoms with Crippen molar-refractivity contribution in [2.75, 3.05) is 33.1 Å². The average molecular weight is 542 g/mol. The molecule has 35 heavy (non-hydrogen) atoms. The van der Waals surface area contributed by atoms with Gasteiger partial charge in [-0.15, -0.1) is 0 Å². The number of carbonyl (C=O) groups excluding carboxylic acids is 1. The number of nitrogens with one attached hydrogen (secondary N) is 1. The Morgan fingerprint density at radius 2 is 1.91 bits per heavy atom. The standard InChI is InChI=1S/C26H31Cl2FN2O3S/c1-15(19-10-18(27)11-22(28)25(19)33-2)31-8-6-16(7-9-31)14-34-24-13-23(29)21(26(32)30-35-3)12-20(24)17-4-5-17/h10-13,15-17H,4-9,14H2,1-3H3,(H,30,32). The van der Waals surface area contributed by atoms with Gasteiger partial charge in [-0.1, -0.05) is 35.1 Å². The predicted octanol–water partition coefficient (Wildman–Crippen LogP) is 6.88. The zero-order chi connectivity index (χ0) is 25.1. The Labute approximate surface area is 220 Å². The number of piperidine rings is 1. The van der Waals surface area contributed by atoms with Crippen molar-refractivity contribution in [1.82, 2.24) is 9.62 Å². The quantitative estimate of drug-likeness (QED) is 0.351. The summed E-state index contributed by atoms with van der Waals surface area (Å²) in [4.78, 5) is 14.6. The minimum absolute atomic E-state index is 0.0763. The number of methoxy groups -OCH3 is 1. The second-order valence-electron chi connectivity index (χ2n) is 9.26. The van der Waals surface area contributed by atoms with E-state index in [0.717, 1.165) is 61.8 Å². The van der Waals surface area contributed by atoms with Crippen LogP contribution in [0.25, 0.3) is 0 Å². The molecule has 1 aliphatic heterocycles. The maximum absolute atomic E-state index is 14.7. The molecule has 0 aromatic heterocycles. The highest BCUT2D eigenvalue weighted by Crippen LogP contribution is 2.45. The van der Waals surface area contributed by atoms with Crippen LogP contribution in [-0.2, 0) is 0 Å². The smallest absolute Gasteiger partial charge is 0.264 e. The maximum Gasteiger partial charge on any atom is 0.264 e. The fourth-order valence-electron chi connectivity index (χ4n) is 4.75. The van der Waals surface area contributed by atoms with Crippen LogP contribution in [0.4, 0.5) is 4.39 Å². The zero-order valence-electron chi connectivity index (χ0n) is 20.2. The van der Waals surface area contributed by atoms with Gasteiger partial charge in [0.05, 0.1) is 24.3 Å². The van der Waals surface area contributed by atoms with Crippen molar-refractivity contribution in [2.45, 2.75) is 44.6 Å². The number of likely N-dealkylation sites (tertiary alicyclic amines) is 1. The molecule has 9 heteroatoms. The van der Waals surface area contributed by atoms with Crippen molar-refractivity contribution in [3.8, 4) is 11.5 Å². The molecule has 0 radical (unpaired) electrons. The summed E-state index contributed by atoms with van der Waals surface area (Å²) in [6, 6.07) is 6.78. The van der Waals surface area contributed by atoms with E-state index in [4.69, 9.17) is 32.7 Å². The van der Waals surface area contributed by atoms with E-state index < -0.39 is 11.7 Å². The molecule has 5 nitrogen and oxygen atoms in total. The van der Waals surface area contributed by atoms with E-state index in [1.807, 2.05) is 6.07 Å². The van der Waals surface area contributed by atoms with E-state index in [1.165, 1.54) is 6.07 Å². The van der Waals surface area contributed by atoms with E-state index in [2.05, 4.69) is 16.5 Å². The van der Waals surface area contributed by atoms with Crippen LogP contribution in [0, 0.1) is 11.7 Å². The van der Waals surface area contributed by atoms with Gasteiger partial charge in [0.25, 0.3) is 5.91 Å². The summed E-state index contributed by atoms with van der Waals surface area (Å²) >= 11 is 13.8. The Kier molecular flexibility index (Phi) is 8.74. The molecule has 1 heterocycles. The second kappa shape index (κ2) is 11.6. The van der Waals surface area contributed by atoms with Gasteiger partial charge in [-0.25, -0.2) is 4.39 Å². The van der Waals surface area contributed by atoms with Crippen LogP contribution < -0.4 is 14.2 Å². The molecule has 2 aromatic rings. The summed E-state index contributed by atoms with van der Waals surface area (Å²) in [5.41, 5.74) is 2.00. The normalized spacial score (nSPS) is 17.8. The van der Waals surface area contributed by atoms with Crippen LogP contribution in [0.5, 0.6) is 11.5 Å². The highest BCUT2D eigenvalue weighted by atomic mass is 35.5. The van der Waals surface area contributed by atoms with Crippen molar-refractivity contribution < 1.29 is 18.7 Å². The fraction of sp³-hybridized carbons (Fsp3) is 0.500. The zero-order valence-corrected chi connectivity index (χ0v) is 22.5. The minimum Gasteiger partial charge on any atom is -0.495 e. The number of hydrogen-bond acceptors (Lipinski definition) is 5. The molecule has 1 saturated carbocycles. The molecule has 0 bridgehead atoms. The molecule has 0 spiro atoms. The first-order valence-electron chi connectivity index (χ1n) is 11.9. The third kappa shape index (κ3) is 6.19. The number of rotatable bonds is 9. The van der Waals surface area contributed by atoms with Gasteiger partial charge in [-0.2, -0.15) is 0 Å². The lowest BCUT2D eigenvalue weighted by molar-refractivity contribution is 0.0980. The first-order valence-corrected chi connectivity index (χ1v) is 13.9. The first kappa shape index (κ1) is 26.4. The van der Waals surface area contributed by atoms with E-state index in [0.29, 0.717) is 40.0 Å². The van der Waals surface area contributed by atoms with Crippen LogP contribution in [0.1, 0.15) is 66.1 Å². The highest BCUT2D eigenvalue weighted by Gasteiger charge is 2.31. The SMILES string of the molecule is COc1c(Cl)cc(Cl)cc1C(C)N1CCC(COc2cc(F)c(C(=O)NSC)cc2C2CC2)CC1. The van der Waals surface area contributed by atoms with Gasteiger partial charge < -0.3 is 9.47 Å². The van der Waals surface area contributed by atoms with E-state index in [1.54, 1.807) is 25.5 Å². The Morgan fingerprint density at radius 1 is 1.20 bits per heavy atom. The number of nitrogens with zero attached hydrogens (tertiary/aromatic N) is 1. The molecule has 1 N–H and O–H groups in total. The molecule has 2 aliphatic rings. The molecule has 2 fully saturated rings. The van der Waals surface area contributed by atoms with E-state index in [9.17, 15) is 9.18 Å². The summed E-state index contributed by atoms with van der Waals surface area (Å²) in [7, 11) is 1.62. The van der Waals surface area contributed by atoms with Crippen molar-refractivity contribution in [3.63, 3.8) is 0 Å². The number of ether oxygens (including phenoxy) is 2. The van der Waals surface area contributed by atoms with Crippen molar-refractivity contribution in [1.29, 1.82) is 0 Å². The lowest BCUT2D eigenvalue weighted by atomic mass is 9.95. The van der Waals surface area contributed by atoms with E-state index >= 15 is 0 Å². The van der Waals surface area contributed by atoms with Gasteiger partial charge in [0.15, 0.2) is 0 Å². The maximum atomic E-state index is 14.7. The molecule has 1 aliphatic carbocycles. The van der Waals surface area contributed by atoms with Crippen LogP contribution in [0.2, 0.25) is 10.0 Å². The monoisotopic (exact) mass is 540 g/mol. The summed E-state index contributed by atoms with van der Waals surface area (Å²) in [5.74, 6) is 0.987. The van der Waals surface area contributed by atoms with Crippen LogP contribution in [0.3, 0.4) is 0 Å². The van der Waals surface area contributed by atoms with E-state index in [-0.39, 0.29) is 11.6 Å². The molecular weight excluding hydrogens is 510 g/mol. The highest BCUT2D eigenvalue weighted by molar-refractivity contribution is 7.97. The summed E-state index contributed by atoms with van der Waals surface area (Å²) in [6.07, 6.45) is 5.76. The third-order valence-electron chi connectivity index (χ3n) is 6.92. The molecular formula is C26H31Cl2FN2O3S. The Morgan fingerprint density at radius 3 is 2.54 bits per heavy atom. The molecule has 1 amide bonds. The minimum atomic E-state index is -0.547. The van der Waals surface area contributed by atoms with Crippen LogP contribution in [0.15, 0.2) is 24.3 Å². The van der Waals surface area contributed by atoms with Crippen molar-refractivity contribution >= 4 is 41.1 Å². The molecule has 1 unspecified atom stereocenters. The Hall–Kier alpha value is -1.67. The van der Waals surface area contributed by atoms with Gasteiger partial charge >= 0.3 is 0 Å². The van der Waals surface area contributed by atoms with Gasteiger partial charge in [0.2, 0.25) is 0 Å². The van der Waals surface area contributed by atoms with Crippen molar-refractivity contribution in [3.05, 3.63) is 56.8 Å². The molecule has 190 valence electrons. The van der Waals surface area contributed by atoms with Gasteiger partial charge in [-0.05, 0) is 81.3 Å². The number of halogens is 3. The van der Waals surface area contributed by atoms with Gasteiger partial charge in [0.1, 0.15) is 17.3 Å². The average Bonchev–Trinajstić information content (AvgIpc) is 3.67. The number of carbonyl (C=O) groups is 1. The van der Waals surface area contributed by atoms with Gasteiger partial charge in [-0.3, -0.25) is 14.4 Å². The number of hydrogen-bond donors (Lipinski definition) is 1. The first-order chi connectivity index (χ1) is 16.8. The largest absolute Gasteiger partial charge is 0.495 e. The number of benzene rings is 2. The van der Waals surface area contributed by atoms with Crippen molar-refractivity contribution in [2.24, 2.45) is 5.92 Å². The lowest BCUT2D eigenvalue weighted by Gasteiger charge is -2.36. The fourth-order valence-corrected chi connectivity index (χ4v) is 5.63. The molecule has 1 atom stereocenters. The molecule has 1 saturated heterocycles. The van der Waals surface area contributed by atoms with Crippen LogP contribution in [-0.4, -0.2) is 43.9 Å². The molecule has 2 aromatic carbocycles. The topological polar surface area (TPSA) is 50.8 Å². The summed E-state index contributed by atoms with van der Waals surface area (Å²) in [5, 5.41) is 1.11. The van der Waals surface area contributed by atoms with Crippen LogP contribution >= 0.6 is 35.1 Å². The Bertz CT molecular complexity index is 1080. The second-order valence-corrected chi connectivity index (χ2v) is 10.7. The van der Waals surface area contributed by atoms with Gasteiger partial charge in [0, 0.05) is 29.0 Å². The lowest BCUT2D eigenvalue weighted by Crippen LogP contribution is -2.37.